The Hall–Kier alpha value is -7.11. The summed E-state index contributed by atoms with van der Waals surface area (Å²) >= 11 is 10.9. The molecule has 4 aliphatic heterocycles. The van der Waals surface area contributed by atoms with Gasteiger partial charge < -0.3 is 75.0 Å². The second kappa shape index (κ2) is 28.9. The second-order valence-corrected chi connectivity index (χ2v) is 29.2. The van der Waals surface area contributed by atoms with Crippen LogP contribution >= 0.6 is 13.4 Å². The highest BCUT2D eigenvalue weighted by molar-refractivity contribution is 8.07. The van der Waals surface area contributed by atoms with Gasteiger partial charge in [-0.3, -0.25) is 42.4 Å². The summed E-state index contributed by atoms with van der Waals surface area (Å²) in [5.41, 5.74) is 11.9. The summed E-state index contributed by atoms with van der Waals surface area (Å²) in [6.45, 7) is -4.82. The molecule has 33 heteroatoms. The number of rotatable bonds is 20. The fourth-order valence-corrected chi connectivity index (χ4v) is 14.7. The van der Waals surface area contributed by atoms with E-state index < -0.39 is 111 Å². The number of amides is 4. The number of nitrogens with one attached hydrogen (secondary N) is 4. The largest absolute Gasteiger partial charge is 0.387 e. The number of aliphatic hydroxyl groups is 2. The number of nitrogens with zero attached hydrogens (tertiary/aromatic N) is 8. The zero-order valence-corrected chi connectivity index (χ0v) is 54.3. The lowest BCUT2D eigenvalue weighted by atomic mass is 9.89. The Labute approximate surface area is 543 Å². The highest BCUT2D eigenvalue weighted by Gasteiger charge is 2.53. The lowest BCUT2D eigenvalue weighted by Gasteiger charge is -2.28. The average Bonchev–Trinajstić information content (AvgIpc) is 1.62. The van der Waals surface area contributed by atoms with Gasteiger partial charge in [0.2, 0.25) is 29.6 Å². The minimum Gasteiger partial charge on any atom is -0.387 e. The third kappa shape index (κ3) is 15.5. The summed E-state index contributed by atoms with van der Waals surface area (Å²) in [5, 5.41) is 35.3. The number of anilines is 3. The number of nitrogen functional groups attached to an aromatic ring is 1. The Morgan fingerprint density at radius 3 is 2.23 bits per heavy atom. The zero-order chi connectivity index (χ0) is 65.9. The van der Waals surface area contributed by atoms with Crippen molar-refractivity contribution in [3.8, 4) is 11.8 Å². The first-order valence-corrected chi connectivity index (χ1v) is 35.6. The molecule has 3 saturated heterocycles. The van der Waals surface area contributed by atoms with E-state index in [9.17, 15) is 48.8 Å². The second-order valence-electron chi connectivity index (χ2n) is 23.6. The fraction of sp³-hybridized carbons (Fsp3) is 0.483. The van der Waals surface area contributed by atoms with E-state index in [1.54, 1.807) is 23.3 Å². The number of hydrogen-bond acceptors (Lipinski definition) is 23. The number of imidazole rings is 1. The van der Waals surface area contributed by atoms with Crippen molar-refractivity contribution >= 4 is 112 Å². The number of carbonyl (C=O) groups excluding carboxylic acids is 6. The molecule has 11 rings (SSSR count). The van der Waals surface area contributed by atoms with Crippen LogP contribution in [-0.2, 0) is 99.3 Å². The standard InChI is InChI=1S/C60H71N13O16P2S2/c1-32(2)40(24-39(75)25-64-45(76)20-18-38(74)19-21-46(77)71-26-36-12-5-4-10-34(36)16-17-35-11-7-9-15-42(35)71)57(81)68-33(3)56(80)62-22-23-63-60-69-53(61)48-55(70-60)73(31-67-48)59-52-49(78)43(86-59)28-84-90(82,92)88-51-44(29-85-91(83,93)89-52)87-58(50(51)79)72-27-37-13-6-8-14-41-47(37)54(72)66-30-65-41/h4-5,7,9-12,15,27,30-33,40,43-44,49-52,58-59,78-79H,6,8,13-14,18-26,28-29H2,1-3H3,(H,62,80)(H,64,76)(H,68,81)(H,82,92)(H,83,93)(H3,61,63,69,70)/t33-,40-,43+,44+,49+,50+,51+,52+,58+,59+,90?,91?/m0/s1. The van der Waals surface area contributed by atoms with E-state index in [0.717, 1.165) is 53.5 Å². The van der Waals surface area contributed by atoms with Crippen LogP contribution in [0.2, 0.25) is 0 Å². The quantitative estimate of drug-likeness (QED) is 0.0301. The summed E-state index contributed by atoms with van der Waals surface area (Å²) in [7, 11) is 0. The van der Waals surface area contributed by atoms with Crippen LogP contribution in [0.1, 0.15) is 106 Å². The van der Waals surface area contributed by atoms with Crippen molar-refractivity contribution in [2.45, 2.75) is 140 Å². The van der Waals surface area contributed by atoms with Crippen LogP contribution < -0.4 is 31.9 Å². The smallest absolute Gasteiger partial charge is 0.325 e. The number of ketones is 2. The van der Waals surface area contributed by atoms with Crippen molar-refractivity contribution in [1.82, 2.24) is 50.0 Å². The topological polar surface area (TPSA) is 390 Å². The summed E-state index contributed by atoms with van der Waals surface area (Å²) in [6, 6.07) is 13.8. The number of carbonyl (C=O) groups is 6. The highest BCUT2D eigenvalue weighted by atomic mass is 32.5. The van der Waals surface area contributed by atoms with E-state index in [1.165, 1.54) is 24.1 Å². The molecule has 10 N–H and O–H groups in total. The molecule has 2 unspecified atom stereocenters. The summed E-state index contributed by atoms with van der Waals surface area (Å²) in [6.07, 6.45) is -3.72. The van der Waals surface area contributed by atoms with Gasteiger partial charge in [-0.05, 0) is 91.5 Å². The number of para-hydroxylation sites is 1. The summed E-state index contributed by atoms with van der Waals surface area (Å²) < 4.78 is 39.2. The Morgan fingerprint density at radius 2 is 1.44 bits per heavy atom. The number of fused-ring (bicyclic) bond motifs is 6. The summed E-state index contributed by atoms with van der Waals surface area (Å²) in [4.78, 5) is 126. The van der Waals surface area contributed by atoms with Crippen molar-refractivity contribution < 1.29 is 76.3 Å². The zero-order valence-electron chi connectivity index (χ0n) is 50.9. The Morgan fingerprint density at radius 1 is 0.742 bits per heavy atom. The first-order valence-electron chi connectivity index (χ1n) is 30.4. The van der Waals surface area contributed by atoms with E-state index in [0.29, 0.717) is 16.9 Å². The maximum atomic E-state index is 13.6. The molecule has 2 bridgehead atoms. The fourth-order valence-electron chi connectivity index (χ4n) is 11.8. The molecule has 0 saturated carbocycles. The average molecular weight is 1360 g/mol. The van der Waals surface area contributed by atoms with Crippen LogP contribution in [0.5, 0.6) is 0 Å². The van der Waals surface area contributed by atoms with Gasteiger partial charge in [0.05, 0.1) is 44.0 Å². The number of aryl methyl sites for hydroxylation is 2. The van der Waals surface area contributed by atoms with Crippen LogP contribution in [0, 0.1) is 23.7 Å². The molecule has 494 valence electrons. The van der Waals surface area contributed by atoms with E-state index in [1.807, 2.05) is 54.7 Å². The lowest BCUT2D eigenvalue weighted by Crippen LogP contribution is -2.48. The first-order chi connectivity index (χ1) is 44.5. The SMILES string of the molecule is CC(C)[C@H](CC(=O)CNC(=O)CCC(=O)CCC(=O)N1Cc2ccccc2C#Cc2ccccc21)C(=O)N[C@@H](C)C(=O)NCCNc1nc(N)c2ncn([C@@H]3O[C@@H]4COP(O)(=S)O[C@H]5[C@@H](O)[C@H](n6cc7c8c(ncnc86)CCCC7)O[C@@H]5COP(O)(=S)O[C@@H]3[C@@H]4O)c2n1. The van der Waals surface area contributed by atoms with Crippen molar-refractivity contribution in [1.29, 1.82) is 0 Å². The highest BCUT2D eigenvalue weighted by Crippen LogP contribution is 2.54. The van der Waals surface area contributed by atoms with E-state index in [2.05, 4.69) is 58.0 Å². The van der Waals surface area contributed by atoms with Crippen LogP contribution in [0.15, 0.2) is 67.4 Å². The molecule has 3 fully saturated rings. The van der Waals surface area contributed by atoms with Gasteiger partial charge in [0, 0.05) is 73.8 Å². The molecule has 93 heavy (non-hydrogen) atoms. The third-order valence-electron chi connectivity index (χ3n) is 16.8. The summed E-state index contributed by atoms with van der Waals surface area (Å²) in [5.74, 6) is 2.40. The van der Waals surface area contributed by atoms with Crippen LogP contribution in [0.3, 0.4) is 0 Å². The van der Waals surface area contributed by atoms with E-state index >= 15 is 0 Å². The molecule has 4 aromatic heterocycles. The molecule has 0 radical (unpaired) electrons. The van der Waals surface area contributed by atoms with Gasteiger partial charge in [-0.1, -0.05) is 56.0 Å². The molecule has 29 nitrogen and oxygen atoms in total. The number of ether oxygens (including phenoxy) is 2. The predicted molar refractivity (Wildman–Crippen MR) is 342 cm³/mol. The van der Waals surface area contributed by atoms with Crippen molar-refractivity contribution in [2.75, 3.05) is 48.8 Å². The van der Waals surface area contributed by atoms with E-state index in [-0.39, 0.29) is 98.8 Å². The molecule has 0 spiro atoms. The molecule has 4 amide bonds. The van der Waals surface area contributed by atoms with Gasteiger partial charge in [0.1, 0.15) is 65.9 Å². The van der Waals surface area contributed by atoms with Gasteiger partial charge in [-0.2, -0.15) is 9.97 Å². The van der Waals surface area contributed by atoms with Crippen LogP contribution in [0.25, 0.3) is 22.2 Å². The number of nitrogens with two attached hydrogens (primary N) is 1. The number of aromatic nitrogens is 7. The minimum atomic E-state index is -4.35. The molecule has 1 aliphatic carbocycles. The molecule has 8 heterocycles. The molecule has 2 aromatic carbocycles. The number of hydrogen-bond donors (Lipinski definition) is 9. The Bertz CT molecular complexity index is 4030. The molecular weight excluding hydrogens is 1280 g/mol. The van der Waals surface area contributed by atoms with E-state index in [4.69, 9.17) is 56.9 Å². The van der Waals surface area contributed by atoms with Gasteiger partial charge >= 0.3 is 13.4 Å². The maximum absolute atomic E-state index is 13.6. The van der Waals surface area contributed by atoms with Crippen molar-refractivity contribution in [2.24, 2.45) is 11.8 Å². The van der Waals surface area contributed by atoms with Crippen molar-refractivity contribution in [3.63, 3.8) is 0 Å². The monoisotopic (exact) mass is 1360 g/mol. The Balaban J connectivity index is 0.641. The van der Waals surface area contributed by atoms with Gasteiger partial charge in [0.15, 0.2) is 29.7 Å². The third-order valence-corrected chi connectivity index (χ3v) is 19.9. The Kier molecular flexibility index (Phi) is 20.9. The molecule has 6 aromatic rings. The van der Waals surface area contributed by atoms with Gasteiger partial charge in [0.25, 0.3) is 0 Å². The number of benzene rings is 2. The predicted octanol–water partition coefficient (Wildman–Crippen LogP) is 2.96. The number of aliphatic hydroxyl groups excluding tert-OH is 2. The molecule has 5 aliphatic rings. The van der Waals surface area contributed by atoms with Crippen LogP contribution in [-0.4, -0.2) is 165 Å². The number of Topliss-reactive ketones (excluding diaryl/α,β-unsaturated/α-hetero) is 2. The molecule has 12 atom stereocenters. The van der Waals surface area contributed by atoms with Gasteiger partial charge in [-0.15, -0.1) is 0 Å². The first kappa shape index (κ1) is 67.3. The lowest BCUT2D eigenvalue weighted by molar-refractivity contribution is -0.134. The molecular formula is C60H71N13O16P2S2. The maximum Gasteiger partial charge on any atom is 0.325 e. The minimum absolute atomic E-state index is 0.00135. The van der Waals surface area contributed by atoms with Crippen LogP contribution in [0.4, 0.5) is 17.5 Å². The van der Waals surface area contributed by atoms with Crippen molar-refractivity contribution in [3.05, 3.63) is 95.3 Å². The van der Waals surface area contributed by atoms with Gasteiger partial charge in [-0.25, -0.2) is 15.0 Å². The normalized spacial score (nSPS) is 25.8.